The van der Waals surface area contributed by atoms with Gasteiger partial charge in [-0.2, -0.15) is 0 Å². The average molecular weight is 262 g/mol. The van der Waals surface area contributed by atoms with Gasteiger partial charge in [-0.05, 0) is 52.3 Å². The Morgan fingerprint density at radius 1 is 1.26 bits per heavy atom. The molecule has 1 N–H and O–H groups in total. The number of nitrogens with zero attached hydrogens (tertiary/aromatic N) is 3. The van der Waals surface area contributed by atoms with Crippen LogP contribution in [0.15, 0.2) is 29.2 Å². The second kappa shape index (κ2) is 5.57. The van der Waals surface area contributed by atoms with Gasteiger partial charge in [-0.25, -0.2) is 9.48 Å². The number of hydrogen-bond acceptors (Lipinski definition) is 3. The number of rotatable bonds is 5. The third-order valence-corrected chi connectivity index (χ3v) is 2.94. The van der Waals surface area contributed by atoms with E-state index in [0.717, 1.165) is 19.4 Å². The summed E-state index contributed by atoms with van der Waals surface area (Å²) in [4.78, 5) is 12.0. The summed E-state index contributed by atoms with van der Waals surface area (Å²) in [6, 6.07) is 5.58. The lowest BCUT2D eigenvalue weighted by Crippen LogP contribution is -2.36. The normalized spacial score (nSPS) is 12.2. The summed E-state index contributed by atoms with van der Waals surface area (Å²) in [6.45, 7) is 8.09. The van der Waals surface area contributed by atoms with Crippen molar-refractivity contribution in [2.75, 3.05) is 6.54 Å². The Kier molecular flexibility index (Phi) is 4.04. The van der Waals surface area contributed by atoms with Crippen LogP contribution in [0.1, 0.15) is 33.6 Å². The van der Waals surface area contributed by atoms with E-state index in [-0.39, 0.29) is 11.2 Å². The van der Waals surface area contributed by atoms with Crippen molar-refractivity contribution in [1.29, 1.82) is 0 Å². The first-order chi connectivity index (χ1) is 8.97. The SMILES string of the molecule is CC(C)(C)NCCCCn1nc2ccccn2c1=O. The monoisotopic (exact) mass is 262 g/mol. The molecular weight excluding hydrogens is 240 g/mol. The minimum atomic E-state index is -0.0561. The van der Waals surface area contributed by atoms with Gasteiger partial charge in [0.1, 0.15) is 0 Å². The molecule has 2 rings (SSSR count). The molecule has 2 aromatic heterocycles. The number of pyridine rings is 1. The molecule has 2 aromatic rings. The van der Waals surface area contributed by atoms with Crippen LogP contribution in [0.4, 0.5) is 0 Å². The van der Waals surface area contributed by atoms with E-state index in [4.69, 9.17) is 0 Å². The molecule has 0 aliphatic carbocycles. The molecule has 0 amide bonds. The zero-order valence-electron chi connectivity index (χ0n) is 11.9. The van der Waals surface area contributed by atoms with E-state index in [0.29, 0.717) is 12.2 Å². The van der Waals surface area contributed by atoms with Crippen LogP contribution < -0.4 is 11.0 Å². The molecule has 19 heavy (non-hydrogen) atoms. The lowest BCUT2D eigenvalue weighted by atomic mass is 10.1. The Morgan fingerprint density at radius 3 is 2.74 bits per heavy atom. The Bertz CT molecular complexity index is 591. The highest BCUT2D eigenvalue weighted by Gasteiger charge is 2.08. The van der Waals surface area contributed by atoms with Crippen LogP contribution in [0.3, 0.4) is 0 Å². The Labute approximate surface area is 113 Å². The molecule has 0 bridgehead atoms. The van der Waals surface area contributed by atoms with Gasteiger partial charge in [-0.3, -0.25) is 4.40 Å². The van der Waals surface area contributed by atoms with Crippen LogP contribution >= 0.6 is 0 Å². The maximum atomic E-state index is 12.0. The number of unbranched alkanes of at least 4 members (excludes halogenated alkanes) is 1. The number of fused-ring (bicyclic) bond motifs is 1. The largest absolute Gasteiger partial charge is 0.350 e. The lowest BCUT2D eigenvalue weighted by Gasteiger charge is -2.20. The van der Waals surface area contributed by atoms with E-state index in [1.54, 1.807) is 15.3 Å². The van der Waals surface area contributed by atoms with Gasteiger partial charge >= 0.3 is 5.69 Å². The summed E-state index contributed by atoms with van der Waals surface area (Å²) in [5, 5.41) is 7.74. The number of hydrogen-bond donors (Lipinski definition) is 1. The molecule has 0 radical (unpaired) electrons. The molecule has 0 atom stereocenters. The highest BCUT2D eigenvalue weighted by molar-refractivity contribution is 5.35. The van der Waals surface area contributed by atoms with E-state index in [2.05, 4.69) is 31.2 Å². The second-order valence-electron chi connectivity index (χ2n) is 5.82. The zero-order valence-corrected chi connectivity index (χ0v) is 11.9. The van der Waals surface area contributed by atoms with Crippen molar-refractivity contribution in [1.82, 2.24) is 19.5 Å². The van der Waals surface area contributed by atoms with Crippen LogP contribution in [0.5, 0.6) is 0 Å². The van der Waals surface area contributed by atoms with Crippen LogP contribution in [0.2, 0.25) is 0 Å². The Hall–Kier alpha value is -1.62. The number of aromatic nitrogens is 3. The van der Waals surface area contributed by atoms with Crippen LogP contribution in [-0.2, 0) is 6.54 Å². The summed E-state index contributed by atoms with van der Waals surface area (Å²) in [5.74, 6) is 0. The summed E-state index contributed by atoms with van der Waals surface area (Å²) in [7, 11) is 0. The summed E-state index contributed by atoms with van der Waals surface area (Å²) in [6.07, 6.45) is 3.74. The maximum absolute atomic E-state index is 12.0. The van der Waals surface area contributed by atoms with E-state index < -0.39 is 0 Å². The average Bonchev–Trinajstić information content (AvgIpc) is 2.65. The molecule has 0 saturated heterocycles. The van der Waals surface area contributed by atoms with Gasteiger partial charge in [0.15, 0.2) is 5.65 Å². The zero-order chi connectivity index (χ0) is 13.9. The molecule has 0 spiro atoms. The van der Waals surface area contributed by atoms with Crippen LogP contribution in [-0.4, -0.2) is 26.3 Å². The third-order valence-electron chi connectivity index (χ3n) is 2.94. The standard InChI is InChI=1S/C14H22N4O/c1-14(2,3)15-9-5-7-11-18-13(19)17-10-6-4-8-12(17)16-18/h4,6,8,10,15H,5,7,9,11H2,1-3H3. The molecule has 5 heteroatoms. The lowest BCUT2D eigenvalue weighted by molar-refractivity contribution is 0.411. The number of nitrogens with one attached hydrogen (secondary N) is 1. The molecule has 2 heterocycles. The molecule has 0 aliphatic rings. The van der Waals surface area contributed by atoms with E-state index in [9.17, 15) is 4.79 Å². The highest BCUT2D eigenvalue weighted by Crippen LogP contribution is 2.00. The third kappa shape index (κ3) is 3.67. The van der Waals surface area contributed by atoms with Crippen molar-refractivity contribution in [3.63, 3.8) is 0 Å². The molecule has 0 unspecified atom stereocenters. The van der Waals surface area contributed by atoms with Gasteiger partial charge in [0.2, 0.25) is 0 Å². The van der Waals surface area contributed by atoms with Gasteiger partial charge < -0.3 is 5.32 Å². The maximum Gasteiger partial charge on any atom is 0.350 e. The molecule has 0 aliphatic heterocycles. The molecule has 5 nitrogen and oxygen atoms in total. The minimum absolute atomic E-state index is 0.0561. The summed E-state index contributed by atoms with van der Waals surface area (Å²) in [5.41, 5.74) is 0.805. The van der Waals surface area contributed by atoms with E-state index in [1.165, 1.54) is 0 Å². The molecule has 104 valence electrons. The van der Waals surface area contributed by atoms with Crippen LogP contribution in [0, 0.1) is 0 Å². The Morgan fingerprint density at radius 2 is 2.05 bits per heavy atom. The van der Waals surface area contributed by atoms with Crippen molar-refractivity contribution >= 4 is 5.65 Å². The van der Waals surface area contributed by atoms with Crippen molar-refractivity contribution in [2.45, 2.75) is 45.7 Å². The van der Waals surface area contributed by atoms with Gasteiger partial charge in [0, 0.05) is 18.3 Å². The smallest absolute Gasteiger partial charge is 0.312 e. The molecule has 0 aromatic carbocycles. The Balaban J connectivity index is 1.89. The van der Waals surface area contributed by atoms with E-state index >= 15 is 0 Å². The second-order valence-corrected chi connectivity index (χ2v) is 5.82. The van der Waals surface area contributed by atoms with Gasteiger partial charge in [-0.1, -0.05) is 6.07 Å². The van der Waals surface area contributed by atoms with Crippen molar-refractivity contribution < 1.29 is 0 Å². The van der Waals surface area contributed by atoms with Crippen molar-refractivity contribution in [3.8, 4) is 0 Å². The first kappa shape index (κ1) is 13.8. The summed E-state index contributed by atoms with van der Waals surface area (Å²) >= 11 is 0. The molecule has 0 saturated carbocycles. The molecule has 0 fully saturated rings. The van der Waals surface area contributed by atoms with Gasteiger partial charge in [0.25, 0.3) is 0 Å². The predicted molar refractivity (Wildman–Crippen MR) is 76.4 cm³/mol. The topological polar surface area (TPSA) is 51.3 Å². The predicted octanol–water partition coefficient (Wildman–Crippen LogP) is 1.66. The fraction of sp³-hybridized carbons (Fsp3) is 0.571. The van der Waals surface area contributed by atoms with Crippen molar-refractivity contribution in [3.05, 3.63) is 34.9 Å². The highest BCUT2D eigenvalue weighted by atomic mass is 16.2. The first-order valence-corrected chi connectivity index (χ1v) is 6.77. The number of aryl methyl sites for hydroxylation is 1. The minimum Gasteiger partial charge on any atom is -0.312 e. The quantitative estimate of drug-likeness (QED) is 0.834. The van der Waals surface area contributed by atoms with E-state index in [1.807, 2.05) is 18.2 Å². The van der Waals surface area contributed by atoms with Crippen molar-refractivity contribution in [2.24, 2.45) is 0 Å². The first-order valence-electron chi connectivity index (χ1n) is 6.77. The van der Waals surface area contributed by atoms with Gasteiger partial charge in [-0.15, -0.1) is 5.10 Å². The fourth-order valence-corrected chi connectivity index (χ4v) is 1.96. The van der Waals surface area contributed by atoms with Gasteiger partial charge in [0.05, 0.1) is 0 Å². The fourth-order valence-electron chi connectivity index (χ4n) is 1.96. The molecular formula is C14H22N4O. The summed E-state index contributed by atoms with van der Waals surface area (Å²) < 4.78 is 3.12. The van der Waals surface area contributed by atoms with Crippen LogP contribution in [0.25, 0.3) is 5.65 Å².